The molecule has 2 fully saturated rings. The molecule has 0 aliphatic heterocycles. The van der Waals surface area contributed by atoms with Crippen molar-refractivity contribution in [2.45, 2.75) is 44.7 Å². The predicted molar refractivity (Wildman–Crippen MR) is 58.0 cm³/mol. The van der Waals surface area contributed by atoms with Crippen LogP contribution in [0.25, 0.3) is 0 Å². The second kappa shape index (κ2) is 4.31. The Morgan fingerprint density at radius 2 is 1.62 bits per heavy atom. The number of carbonyl (C=O) groups is 2. The Bertz CT molecular complexity index is 286. The van der Waals surface area contributed by atoms with Crippen LogP contribution in [0.2, 0.25) is 0 Å². The summed E-state index contributed by atoms with van der Waals surface area (Å²) in [5, 5.41) is 14.0. The highest BCUT2D eigenvalue weighted by molar-refractivity contribution is 5.82. The zero-order valence-corrected chi connectivity index (χ0v) is 9.40. The van der Waals surface area contributed by atoms with Gasteiger partial charge in [0.1, 0.15) is 6.04 Å². The van der Waals surface area contributed by atoms with Gasteiger partial charge in [-0.2, -0.15) is 0 Å². The Kier molecular flexibility index (Phi) is 3.03. The van der Waals surface area contributed by atoms with E-state index < -0.39 is 12.0 Å². The van der Waals surface area contributed by atoms with E-state index in [0.29, 0.717) is 11.8 Å². The summed E-state index contributed by atoms with van der Waals surface area (Å²) in [4.78, 5) is 22.1. The molecule has 2 aliphatic rings. The fraction of sp³-hybridized carbons (Fsp3) is 0.818. The van der Waals surface area contributed by atoms with Crippen LogP contribution in [0.3, 0.4) is 0 Å². The summed E-state index contributed by atoms with van der Waals surface area (Å²) in [6.45, 7) is 1.46. The highest BCUT2D eigenvalue weighted by Crippen LogP contribution is 2.44. The zero-order chi connectivity index (χ0) is 11.7. The third-order valence-corrected chi connectivity index (χ3v) is 3.28. The number of urea groups is 1. The Morgan fingerprint density at radius 3 is 2.00 bits per heavy atom. The number of carboxylic acids is 1. The van der Waals surface area contributed by atoms with Crippen LogP contribution in [0, 0.1) is 11.8 Å². The molecule has 5 heteroatoms. The van der Waals surface area contributed by atoms with Crippen molar-refractivity contribution in [3.63, 3.8) is 0 Å². The van der Waals surface area contributed by atoms with E-state index in [-0.39, 0.29) is 12.1 Å². The lowest BCUT2D eigenvalue weighted by atomic mass is 10.1. The molecule has 90 valence electrons. The Labute approximate surface area is 94.6 Å². The first kappa shape index (κ1) is 11.2. The predicted octanol–water partition coefficient (Wildman–Crippen LogP) is 0.947. The molecule has 2 saturated carbocycles. The number of nitrogens with one attached hydrogen (secondary N) is 2. The molecule has 2 amide bonds. The summed E-state index contributed by atoms with van der Waals surface area (Å²) in [7, 11) is 0. The Morgan fingerprint density at radius 1 is 1.12 bits per heavy atom. The number of rotatable bonds is 5. The van der Waals surface area contributed by atoms with E-state index in [1.807, 2.05) is 0 Å². The maximum Gasteiger partial charge on any atom is 0.325 e. The van der Waals surface area contributed by atoms with Crippen molar-refractivity contribution in [2.75, 3.05) is 0 Å². The van der Waals surface area contributed by atoms with E-state index in [2.05, 4.69) is 10.6 Å². The largest absolute Gasteiger partial charge is 0.480 e. The van der Waals surface area contributed by atoms with Crippen LogP contribution in [0.5, 0.6) is 0 Å². The van der Waals surface area contributed by atoms with Gasteiger partial charge in [0, 0.05) is 6.04 Å². The lowest BCUT2D eigenvalue weighted by Crippen LogP contribution is -2.49. The van der Waals surface area contributed by atoms with Gasteiger partial charge < -0.3 is 15.7 Å². The molecule has 2 rings (SSSR count). The van der Waals surface area contributed by atoms with Gasteiger partial charge in [-0.3, -0.25) is 4.79 Å². The second-order valence-electron chi connectivity index (χ2n) is 4.88. The number of hydrogen-bond donors (Lipinski definition) is 3. The number of amides is 2. The Balaban J connectivity index is 1.78. The van der Waals surface area contributed by atoms with Crippen LogP contribution in [0.15, 0.2) is 0 Å². The summed E-state index contributed by atoms with van der Waals surface area (Å²) < 4.78 is 0. The first-order chi connectivity index (χ1) is 7.58. The van der Waals surface area contributed by atoms with E-state index >= 15 is 0 Å². The number of aliphatic carboxylic acids is 1. The molecule has 3 N–H and O–H groups in total. The van der Waals surface area contributed by atoms with Crippen molar-refractivity contribution in [2.24, 2.45) is 11.8 Å². The molecular weight excluding hydrogens is 208 g/mol. The van der Waals surface area contributed by atoms with E-state index in [9.17, 15) is 9.59 Å². The zero-order valence-electron chi connectivity index (χ0n) is 9.40. The first-order valence-corrected chi connectivity index (χ1v) is 5.87. The third kappa shape index (κ3) is 2.87. The molecule has 0 aromatic carbocycles. The number of carbonyl (C=O) groups excluding carboxylic acids is 1. The minimum absolute atomic E-state index is 0.265. The molecule has 5 nitrogen and oxygen atoms in total. The van der Waals surface area contributed by atoms with Gasteiger partial charge >= 0.3 is 12.0 Å². The van der Waals surface area contributed by atoms with Crippen molar-refractivity contribution < 1.29 is 14.7 Å². The van der Waals surface area contributed by atoms with Gasteiger partial charge in [0.2, 0.25) is 0 Å². The van der Waals surface area contributed by atoms with Gasteiger partial charge in [0.15, 0.2) is 0 Å². The smallest absolute Gasteiger partial charge is 0.325 e. The van der Waals surface area contributed by atoms with Crippen LogP contribution < -0.4 is 10.6 Å². The third-order valence-electron chi connectivity index (χ3n) is 3.28. The molecule has 1 atom stereocenters. The summed E-state index contributed by atoms with van der Waals surface area (Å²) >= 11 is 0. The summed E-state index contributed by atoms with van der Waals surface area (Å²) in [5.41, 5.74) is 0. The SMILES string of the molecule is C[C@@H](NC(=O)NC(C1CC1)C1CC1)C(=O)O. The van der Waals surface area contributed by atoms with Gasteiger partial charge in [0.05, 0.1) is 0 Å². The minimum Gasteiger partial charge on any atom is -0.480 e. The minimum atomic E-state index is -1.01. The number of hydrogen-bond acceptors (Lipinski definition) is 2. The lowest BCUT2D eigenvalue weighted by Gasteiger charge is -2.19. The topological polar surface area (TPSA) is 78.4 Å². The van der Waals surface area contributed by atoms with Crippen molar-refractivity contribution in [1.29, 1.82) is 0 Å². The lowest BCUT2D eigenvalue weighted by molar-refractivity contribution is -0.138. The average Bonchev–Trinajstić information content (AvgIpc) is 3.05. The molecule has 0 unspecified atom stereocenters. The molecular formula is C11H18N2O3. The van der Waals surface area contributed by atoms with Gasteiger partial charge in [-0.1, -0.05) is 0 Å². The summed E-state index contributed by atoms with van der Waals surface area (Å²) in [6, 6.07) is -0.918. The van der Waals surface area contributed by atoms with E-state index in [1.54, 1.807) is 0 Å². The number of carboxylic acid groups (broad SMARTS) is 1. The van der Waals surface area contributed by atoms with Crippen molar-refractivity contribution in [3.05, 3.63) is 0 Å². The van der Waals surface area contributed by atoms with Crippen LogP contribution >= 0.6 is 0 Å². The maximum atomic E-state index is 11.5. The molecule has 0 aromatic rings. The van der Waals surface area contributed by atoms with Gasteiger partial charge in [0.25, 0.3) is 0 Å². The normalized spacial score (nSPS) is 21.6. The molecule has 0 saturated heterocycles. The quantitative estimate of drug-likeness (QED) is 0.653. The van der Waals surface area contributed by atoms with Gasteiger partial charge in [-0.05, 0) is 44.4 Å². The van der Waals surface area contributed by atoms with Gasteiger partial charge in [-0.25, -0.2) is 4.79 Å². The van der Waals surface area contributed by atoms with Crippen molar-refractivity contribution >= 4 is 12.0 Å². The molecule has 0 bridgehead atoms. The molecule has 2 aliphatic carbocycles. The highest BCUT2D eigenvalue weighted by Gasteiger charge is 2.42. The fourth-order valence-electron chi connectivity index (χ4n) is 1.98. The molecule has 0 spiro atoms. The summed E-state index contributed by atoms with van der Waals surface area (Å²) in [5.74, 6) is 0.237. The van der Waals surface area contributed by atoms with Gasteiger partial charge in [-0.15, -0.1) is 0 Å². The van der Waals surface area contributed by atoms with Crippen LogP contribution in [-0.4, -0.2) is 29.2 Å². The molecule has 0 aromatic heterocycles. The Hall–Kier alpha value is -1.26. The van der Waals surface area contributed by atoms with Crippen molar-refractivity contribution in [1.82, 2.24) is 10.6 Å². The van der Waals surface area contributed by atoms with Crippen LogP contribution in [0.4, 0.5) is 4.79 Å². The second-order valence-corrected chi connectivity index (χ2v) is 4.88. The van der Waals surface area contributed by atoms with Crippen molar-refractivity contribution in [3.8, 4) is 0 Å². The summed E-state index contributed by atoms with van der Waals surface area (Å²) in [6.07, 6.45) is 4.76. The monoisotopic (exact) mass is 226 g/mol. The van der Waals surface area contributed by atoms with Crippen LogP contribution in [-0.2, 0) is 4.79 Å². The standard InChI is InChI=1S/C11H18N2O3/c1-6(10(14)15)12-11(16)13-9(7-2-3-7)8-4-5-8/h6-9H,2-5H2,1H3,(H,14,15)(H2,12,13,16)/t6-/m1/s1. The molecule has 16 heavy (non-hydrogen) atoms. The molecule has 0 radical (unpaired) electrons. The average molecular weight is 226 g/mol. The maximum absolute atomic E-state index is 11.5. The van der Waals surface area contributed by atoms with E-state index in [1.165, 1.54) is 32.6 Å². The fourth-order valence-corrected chi connectivity index (χ4v) is 1.98. The first-order valence-electron chi connectivity index (χ1n) is 5.87. The molecule has 0 heterocycles. The van der Waals surface area contributed by atoms with Crippen LogP contribution in [0.1, 0.15) is 32.6 Å². The highest BCUT2D eigenvalue weighted by atomic mass is 16.4. The van der Waals surface area contributed by atoms with E-state index in [0.717, 1.165) is 0 Å². The van der Waals surface area contributed by atoms with E-state index in [4.69, 9.17) is 5.11 Å².